The Labute approximate surface area is 307 Å². The second-order valence-electron chi connectivity index (χ2n) is 14.2. The van der Waals surface area contributed by atoms with E-state index in [9.17, 15) is 9.90 Å². The number of aliphatic hydroxyl groups excluding tert-OH is 1. The molecule has 48 heavy (non-hydrogen) atoms. The Morgan fingerprint density at radius 1 is 0.854 bits per heavy atom. The van der Waals surface area contributed by atoms with E-state index in [1.165, 1.54) is 47.3 Å². The molecule has 0 aliphatic rings. The number of carbonyl (C=O) groups is 1. The van der Waals surface area contributed by atoms with Gasteiger partial charge in [0.25, 0.3) is 0 Å². The summed E-state index contributed by atoms with van der Waals surface area (Å²) in [5.41, 5.74) is 2.90. The van der Waals surface area contributed by atoms with E-state index in [2.05, 4.69) is 86.8 Å². The predicted molar refractivity (Wildman–Crippen MR) is 206 cm³/mol. The Bertz CT molecular complexity index is 2090. The number of pyridine rings is 1. The second-order valence-corrected chi connectivity index (χ2v) is 16.2. The van der Waals surface area contributed by atoms with Crippen LogP contribution in [-0.4, -0.2) is 15.9 Å². The van der Waals surface area contributed by atoms with Crippen LogP contribution in [0.25, 0.3) is 52.3 Å². The molecule has 0 saturated carbocycles. The van der Waals surface area contributed by atoms with Crippen LogP contribution in [0.4, 0.5) is 0 Å². The van der Waals surface area contributed by atoms with Gasteiger partial charge in [-0.3, -0.25) is 9.78 Å². The fourth-order valence-corrected chi connectivity index (χ4v) is 8.30. The number of allylic oxidation sites excluding steroid dienone is 2. The van der Waals surface area contributed by atoms with E-state index in [1.807, 2.05) is 70.4 Å². The van der Waals surface area contributed by atoms with Crippen molar-refractivity contribution < 1.29 is 30.0 Å². The summed E-state index contributed by atoms with van der Waals surface area (Å²) in [4.78, 5) is 17.0. The van der Waals surface area contributed by atoms with E-state index in [1.54, 1.807) is 0 Å². The zero-order valence-corrected chi connectivity index (χ0v) is 33.7. The zero-order chi connectivity index (χ0) is 34.1. The fourth-order valence-electron chi connectivity index (χ4n) is 6.07. The maximum absolute atomic E-state index is 12.2. The van der Waals surface area contributed by atoms with Gasteiger partial charge in [0.2, 0.25) is 0 Å². The summed E-state index contributed by atoms with van der Waals surface area (Å²) < 4.78 is 3.94. The number of hydrogen-bond acceptors (Lipinski definition) is 5. The van der Waals surface area contributed by atoms with Crippen molar-refractivity contribution in [2.45, 2.75) is 93.4 Å². The van der Waals surface area contributed by atoms with Crippen LogP contribution in [0.15, 0.2) is 78.0 Å². The largest absolute Gasteiger partial charge is 0.512 e. The molecule has 0 saturated heterocycles. The number of aliphatic hydroxyl groups is 1. The van der Waals surface area contributed by atoms with Crippen molar-refractivity contribution in [1.82, 2.24) is 4.98 Å². The molecule has 1 radical (unpaired) electrons. The molecule has 0 bridgehead atoms. The normalized spacial score (nSPS) is 12.7. The number of carbonyl (C=O) groups excluding carboxylic acids is 1. The van der Waals surface area contributed by atoms with Crippen LogP contribution in [0.1, 0.15) is 93.6 Å². The number of benzene rings is 3. The Balaban J connectivity index is 0.000000251. The smallest absolute Gasteiger partial charge is 0.164 e. The Morgan fingerprint density at radius 3 is 2.17 bits per heavy atom. The van der Waals surface area contributed by atoms with Crippen LogP contribution < -0.4 is 0 Å². The predicted octanol–water partition coefficient (Wildman–Crippen LogP) is 13.2. The molecular weight excluding hydrogens is 807 g/mol. The van der Waals surface area contributed by atoms with E-state index in [4.69, 9.17) is 4.98 Å². The van der Waals surface area contributed by atoms with Crippen molar-refractivity contribution >= 4 is 69.5 Å². The minimum absolute atomic E-state index is 0. The van der Waals surface area contributed by atoms with Gasteiger partial charge in [-0.15, -0.1) is 51.8 Å². The SMILES string of the molecule is CC(C)(C)c1cc(-c2nccc3c2sc2ccc4ccsc4c23)[c-]c2ccccc12.CCC(C)(CC)C(=O)/C=C(\O)C(C)(CC)CC.[Ir]. The number of rotatable bonds is 8. The number of nitrogens with zero attached hydrogens (tertiary/aromatic N) is 1. The second kappa shape index (κ2) is 14.9. The number of ketones is 1. The monoisotopic (exact) mass is 855 g/mol. The molecule has 3 nitrogen and oxygen atoms in total. The van der Waals surface area contributed by atoms with Gasteiger partial charge in [-0.05, 0) is 65.4 Å². The molecule has 6 rings (SSSR count). The third-order valence-electron chi connectivity index (χ3n) is 10.4. The van der Waals surface area contributed by atoms with E-state index in [-0.39, 0.29) is 47.9 Å². The standard InChI is InChI=1S/C27H20NS2.C15H28O2.Ir/c1-27(2,3)21-15-18(14-17-6-4-5-7-19(17)21)24-26-20(10-12-28-24)23-22(30-26)9-8-16-11-13-29-25(16)23;1-7-14(5,8-2)12(16)11-13(17)15(6,9-3)10-4;/h4-13,15H,1-3H3;11,16H,7-10H2,1-6H3;/q-1;;/b;12-11-;. The molecule has 0 spiro atoms. The van der Waals surface area contributed by atoms with Crippen LogP contribution >= 0.6 is 22.7 Å². The third kappa shape index (κ3) is 7.19. The van der Waals surface area contributed by atoms with Crippen molar-refractivity contribution in [3.05, 3.63) is 89.6 Å². The van der Waals surface area contributed by atoms with E-state index in [0.717, 1.165) is 42.3 Å². The minimum atomic E-state index is -0.337. The molecule has 0 aliphatic heterocycles. The molecular formula is C42H48IrNO2S2-. The first-order chi connectivity index (χ1) is 22.3. The molecule has 3 heterocycles. The summed E-state index contributed by atoms with van der Waals surface area (Å²) in [5.74, 6) is 0.286. The van der Waals surface area contributed by atoms with Crippen LogP contribution in [0.2, 0.25) is 0 Å². The Morgan fingerprint density at radius 2 is 1.52 bits per heavy atom. The summed E-state index contributed by atoms with van der Waals surface area (Å²) in [6, 6.07) is 23.4. The topological polar surface area (TPSA) is 50.2 Å². The van der Waals surface area contributed by atoms with Crippen molar-refractivity contribution in [3.63, 3.8) is 0 Å². The number of fused-ring (bicyclic) bond motifs is 6. The first-order valence-corrected chi connectivity index (χ1v) is 18.6. The number of hydrogen-bond donors (Lipinski definition) is 1. The minimum Gasteiger partial charge on any atom is -0.512 e. The van der Waals surface area contributed by atoms with Gasteiger partial charge < -0.3 is 5.11 Å². The molecule has 1 N–H and O–H groups in total. The van der Waals surface area contributed by atoms with Crippen molar-refractivity contribution in [2.75, 3.05) is 0 Å². The van der Waals surface area contributed by atoms with Crippen LogP contribution in [0.5, 0.6) is 0 Å². The maximum atomic E-state index is 12.2. The van der Waals surface area contributed by atoms with E-state index < -0.39 is 0 Å². The molecule has 6 heteroatoms. The van der Waals surface area contributed by atoms with E-state index >= 15 is 0 Å². The van der Waals surface area contributed by atoms with Crippen LogP contribution in [0.3, 0.4) is 0 Å². The first kappa shape index (κ1) is 37.9. The summed E-state index contributed by atoms with van der Waals surface area (Å²) >= 11 is 3.67. The number of aromatic nitrogens is 1. The summed E-state index contributed by atoms with van der Waals surface area (Å²) in [7, 11) is 0. The molecule has 3 aromatic carbocycles. The molecule has 0 unspecified atom stereocenters. The van der Waals surface area contributed by atoms with Crippen LogP contribution in [0, 0.1) is 16.9 Å². The Kier molecular flexibility index (Phi) is 11.8. The fraction of sp³-hybridized carbons (Fsp3) is 0.381. The quantitative estimate of drug-likeness (QED) is 0.0943. The van der Waals surface area contributed by atoms with E-state index in [0.29, 0.717) is 0 Å². The molecule has 0 amide bonds. The summed E-state index contributed by atoms with van der Waals surface area (Å²) in [6.07, 6.45) is 6.71. The van der Waals surface area contributed by atoms with Crippen molar-refractivity contribution in [3.8, 4) is 11.3 Å². The van der Waals surface area contributed by atoms with Gasteiger partial charge in [0, 0.05) is 68.4 Å². The van der Waals surface area contributed by atoms with Gasteiger partial charge >= 0.3 is 0 Å². The van der Waals surface area contributed by atoms with Crippen molar-refractivity contribution in [2.24, 2.45) is 10.8 Å². The van der Waals surface area contributed by atoms with Crippen LogP contribution in [-0.2, 0) is 30.3 Å². The summed E-state index contributed by atoms with van der Waals surface area (Å²) in [5, 5.41) is 18.7. The van der Waals surface area contributed by atoms with Gasteiger partial charge in [0.15, 0.2) is 5.78 Å². The molecule has 6 aromatic rings. The zero-order valence-electron chi connectivity index (χ0n) is 29.7. The molecule has 0 aliphatic carbocycles. The average molecular weight is 855 g/mol. The van der Waals surface area contributed by atoms with Gasteiger partial charge in [-0.25, -0.2) is 0 Å². The maximum Gasteiger partial charge on any atom is 0.164 e. The molecule has 0 atom stereocenters. The molecule has 3 aromatic heterocycles. The number of thiophene rings is 2. The Hall–Kier alpha value is -2.89. The van der Waals surface area contributed by atoms with Gasteiger partial charge in [0.1, 0.15) is 5.76 Å². The average Bonchev–Trinajstić information content (AvgIpc) is 3.71. The molecule has 255 valence electrons. The van der Waals surface area contributed by atoms with Gasteiger partial charge in [0.05, 0.1) is 0 Å². The third-order valence-corrected chi connectivity index (χ3v) is 12.5. The van der Waals surface area contributed by atoms with Gasteiger partial charge in [-0.2, -0.15) is 0 Å². The molecule has 0 fully saturated rings. The summed E-state index contributed by atoms with van der Waals surface area (Å²) in [6.45, 7) is 18.9. The first-order valence-electron chi connectivity index (χ1n) is 16.9. The van der Waals surface area contributed by atoms with Crippen molar-refractivity contribution in [1.29, 1.82) is 0 Å². The van der Waals surface area contributed by atoms with Gasteiger partial charge in [-0.1, -0.05) is 97.5 Å².